The molecular formula is C42H28N4O7S2. The van der Waals surface area contributed by atoms with Gasteiger partial charge >= 0.3 is 11.3 Å². The van der Waals surface area contributed by atoms with Crippen molar-refractivity contribution in [2.75, 3.05) is 0 Å². The summed E-state index contributed by atoms with van der Waals surface area (Å²) in [4.78, 5) is 62.3. The highest BCUT2D eigenvalue weighted by atomic mass is 32.1. The van der Waals surface area contributed by atoms with Gasteiger partial charge in [0.05, 0.1) is 10.8 Å². The first-order valence-corrected chi connectivity index (χ1v) is 18.8. The normalized spacial score (nSPS) is 11.7. The van der Waals surface area contributed by atoms with E-state index in [1.54, 1.807) is 84.9 Å². The van der Waals surface area contributed by atoms with Gasteiger partial charge in [-0.25, -0.2) is 19.6 Å². The number of nitrogens with zero attached hydrogens (tertiary/aromatic N) is 4. The van der Waals surface area contributed by atoms with Gasteiger partial charge < -0.3 is 14.0 Å². The minimum Gasteiger partial charge on any atom is -0.594 e. The molecule has 4 heterocycles. The van der Waals surface area contributed by atoms with E-state index >= 15 is 0 Å². The highest BCUT2D eigenvalue weighted by Crippen LogP contribution is 2.25. The van der Waals surface area contributed by atoms with Crippen LogP contribution in [0.5, 0.6) is 0 Å². The molecule has 55 heavy (non-hydrogen) atoms. The van der Waals surface area contributed by atoms with E-state index < -0.39 is 11.3 Å². The number of aryl methyl sites for hydroxylation is 2. The monoisotopic (exact) mass is 764 g/mol. The molecule has 0 unspecified atom stereocenters. The number of fused-ring (bicyclic) bond motifs is 2. The molecule has 8 rings (SSSR count). The van der Waals surface area contributed by atoms with Crippen molar-refractivity contribution in [2.45, 2.75) is 26.7 Å². The Labute approximate surface area is 320 Å². The second-order valence-corrected chi connectivity index (χ2v) is 14.6. The second kappa shape index (κ2) is 14.6. The van der Waals surface area contributed by atoms with Gasteiger partial charge in [-0.05, 0) is 59.0 Å². The first kappa shape index (κ1) is 35.3. The predicted molar refractivity (Wildman–Crippen MR) is 209 cm³/mol. The Hall–Kier alpha value is -6.70. The van der Waals surface area contributed by atoms with Crippen molar-refractivity contribution < 1.29 is 23.3 Å². The molecule has 8 aromatic rings. The molecule has 270 valence electrons. The molecule has 4 aromatic carbocycles. The standard InChI is InChI=1S/C42H28N4O7S2/c1-23-21-54-39-35(23)41(49)52-33(43-39)17-25-9-13-27(14-10-25)37(47)29-5-3-7-31(19-29)45-46(51)32-8-4-6-30(20-32)38(48)28-15-11-26(12-16-28)18-34-44-40-36(42(50)53-34)24(2)22-55-40/h3-16,19-22H,17-18H2,1-2H3. The smallest absolute Gasteiger partial charge is 0.348 e. The average molecular weight is 765 g/mol. The van der Waals surface area contributed by atoms with E-state index in [1.165, 1.54) is 34.8 Å². The number of rotatable bonds is 10. The Morgan fingerprint density at radius 3 is 1.64 bits per heavy atom. The molecule has 0 radical (unpaired) electrons. The Balaban J connectivity index is 0.937. The molecule has 0 fully saturated rings. The fourth-order valence-corrected chi connectivity index (χ4v) is 7.98. The minimum absolute atomic E-state index is 0.133. The van der Waals surface area contributed by atoms with E-state index in [1.807, 2.05) is 24.6 Å². The highest BCUT2D eigenvalue weighted by molar-refractivity contribution is 7.17. The quantitative estimate of drug-likeness (QED) is 0.0573. The first-order chi connectivity index (χ1) is 26.6. The van der Waals surface area contributed by atoms with Crippen molar-refractivity contribution in [1.29, 1.82) is 0 Å². The van der Waals surface area contributed by atoms with E-state index in [4.69, 9.17) is 8.83 Å². The van der Waals surface area contributed by atoms with Crippen molar-refractivity contribution >= 4 is 66.0 Å². The van der Waals surface area contributed by atoms with Gasteiger partial charge in [0.25, 0.3) is 0 Å². The number of thiophene rings is 2. The van der Waals surface area contributed by atoms with Crippen molar-refractivity contribution in [3.8, 4) is 0 Å². The maximum absolute atomic E-state index is 13.4. The lowest BCUT2D eigenvalue weighted by Crippen LogP contribution is -2.05. The van der Waals surface area contributed by atoms with Crippen molar-refractivity contribution in [1.82, 2.24) is 9.97 Å². The van der Waals surface area contributed by atoms with E-state index in [2.05, 4.69) is 15.1 Å². The van der Waals surface area contributed by atoms with E-state index in [0.29, 0.717) is 59.3 Å². The van der Waals surface area contributed by atoms with Crippen molar-refractivity contribution in [3.05, 3.63) is 190 Å². The van der Waals surface area contributed by atoms with Gasteiger partial charge in [0.2, 0.25) is 17.5 Å². The number of carbonyl (C=O) groups excluding carboxylic acids is 2. The fraction of sp³-hybridized carbons (Fsp3) is 0.0952. The minimum atomic E-state index is -0.417. The number of benzene rings is 4. The van der Waals surface area contributed by atoms with Crippen LogP contribution in [-0.4, -0.2) is 26.4 Å². The fourth-order valence-electron chi connectivity index (χ4n) is 6.13. The summed E-state index contributed by atoms with van der Waals surface area (Å²) in [7, 11) is 0. The predicted octanol–water partition coefficient (Wildman–Crippen LogP) is 9.00. The molecule has 4 aromatic heterocycles. The third kappa shape index (κ3) is 7.30. The first-order valence-electron chi connectivity index (χ1n) is 17.0. The summed E-state index contributed by atoms with van der Waals surface area (Å²) < 4.78 is 10.9. The number of carbonyl (C=O) groups is 2. The van der Waals surface area contributed by atoms with Gasteiger partial charge in [0.1, 0.15) is 15.3 Å². The van der Waals surface area contributed by atoms with Gasteiger partial charge in [-0.15, -0.1) is 22.7 Å². The van der Waals surface area contributed by atoms with Crippen molar-refractivity contribution in [3.63, 3.8) is 0 Å². The largest absolute Gasteiger partial charge is 0.594 e. The topological polar surface area (TPSA) is 159 Å². The number of aromatic nitrogens is 2. The Morgan fingerprint density at radius 1 is 0.655 bits per heavy atom. The van der Waals surface area contributed by atoms with Crippen LogP contribution in [0.4, 0.5) is 11.4 Å². The lowest BCUT2D eigenvalue weighted by atomic mass is 10.0. The molecule has 0 aliphatic rings. The Bertz CT molecular complexity index is 2940. The lowest BCUT2D eigenvalue weighted by Gasteiger charge is -2.06. The molecule has 0 N–H and O–H groups in total. The lowest BCUT2D eigenvalue weighted by molar-refractivity contribution is -0.435. The molecule has 0 aliphatic heterocycles. The van der Waals surface area contributed by atoms with Crippen LogP contribution < -0.4 is 11.3 Å². The maximum Gasteiger partial charge on any atom is 0.348 e. The molecule has 11 nitrogen and oxygen atoms in total. The summed E-state index contributed by atoms with van der Waals surface area (Å²) in [6, 6.07) is 26.4. The van der Waals surface area contributed by atoms with Gasteiger partial charge in [0.15, 0.2) is 11.6 Å². The molecule has 0 atom stereocenters. The van der Waals surface area contributed by atoms with Crippen LogP contribution in [-0.2, 0) is 12.8 Å². The SMILES string of the molecule is Cc1csc2nc(Cc3ccc(C(=O)c4cccc(N=[N+]([O-])c5cccc(C(=O)c6ccc(Cc7nc8scc(C)c8c(=O)o7)cc6)c5)c4)cc3)oc(=O)c12. The molecule has 13 heteroatoms. The zero-order chi connectivity index (χ0) is 38.2. The average Bonchev–Trinajstić information content (AvgIpc) is 3.76. The molecule has 0 spiro atoms. The number of hydrogen-bond acceptors (Lipinski definition) is 12. The summed E-state index contributed by atoms with van der Waals surface area (Å²) in [6.45, 7) is 3.69. The zero-order valence-corrected chi connectivity index (χ0v) is 30.9. The van der Waals surface area contributed by atoms with Crippen molar-refractivity contribution in [2.24, 2.45) is 5.11 Å². The summed E-state index contributed by atoms with van der Waals surface area (Å²) in [6.07, 6.45) is 0.571. The molecule has 0 bridgehead atoms. The Morgan fingerprint density at radius 2 is 1.13 bits per heavy atom. The Kier molecular flexibility index (Phi) is 9.39. The van der Waals surface area contributed by atoms with Crippen LogP contribution in [0.25, 0.3) is 20.4 Å². The van der Waals surface area contributed by atoms with Crippen LogP contribution in [0.3, 0.4) is 0 Å². The maximum atomic E-state index is 13.4. The molecule has 0 aliphatic carbocycles. The van der Waals surface area contributed by atoms with Crippen LogP contribution in [0.2, 0.25) is 0 Å². The number of hydrogen-bond donors (Lipinski definition) is 0. The molecular weight excluding hydrogens is 737 g/mol. The van der Waals surface area contributed by atoms with Crippen LogP contribution in [0.15, 0.2) is 131 Å². The van der Waals surface area contributed by atoms with Gasteiger partial charge in [-0.2, -0.15) is 0 Å². The van der Waals surface area contributed by atoms with Crippen LogP contribution >= 0.6 is 22.7 Å². The zero-order valence-electron chi connectivity index (χ0n) is 29.3. The van der Waals surface area contributed by atoms with Crippen LogP contribution in [0.1, 0.15) is 65.9 Å². The molecule has 0 saturated carbocycles. The van der Waals surface area contributed by atoms with E-state index in [-0.39, 0.29) is 35.8 Å². The van der Waals surface area contributed by atoms with Gasteiger partial charge in [-0.1, -0.05) is 77.7 Å². The number of ketones is 2. The molecule has 0 amide bonds. The second-order valence-electron chi connectivity index (χ2n) is 12.9. The van der Waals surface area contributed by atoms with E-state index in [0.717, 1.165) is 22.3 Å². The van der Waals surface area contributed by atoms with E-state index in [9.17, 15) is 24.4 Å². The van der Waals surface area contributed by atoms with Gasteiger partial charge in [-0.3, -0.25) is 9.59 Å². The summed E-state index contributed by atoms with van der Waals surface area (Å²) in [5.74, 6) is 0.0307. The summed E-state index contributed by atoms with van der Waals surface area (Å²) in [5.41, 5.74) is 4.31. The third-order valence-corrected chi connectivity index (χ3v) is 11.0. The van der Waals surface area contributed by atoms with Crippen LogP contribution in [0, 0.1) is 19.1 Å². The summed E-state index contributed by atoms with van der Waals surface area (Å²) >= 11 is 2.78. The highest BCUT2D eigenvalue weighted by Gasteiger charge is 2.17. The summed E-state index contributed by atoms with van der Waals surface area (Å²) in [5, 5.41) is 22.0. The molecule has 0 saturated heterocycles. The third-order valence-electron chi connectivity index (χ3n) is 8.98. The van der Waals surface area contributed by atoms with Gasteiger partial charge in [0, 0.05) is 52.3 Å². The number of azo groups is 1.